The summed E-state index contributed by atoms with van der Waals surface area (Å²) in [5, 5.41) is 11.8. The molecule has 0 spiro atoms. The lowest BCUT2D eigenvalue weighted by molar-refractivity contribution is -0.383. The zero-order chi connectivity index (χ0) is 19.2. The third-order valence-corrected chi connectivity index (χ3v) is 4.95. The van der Waals surface area contributed by atoms with E-state index in [4.69, 9.17) is 0 Å². The molecule has 2 heterocycles. The molecule has 1 aliphatic heterocycles. The van der Waals surface area contributed by atoms with E-state index in [1.54, 1.807) is 0 Å². The SMILES string of the molecule is CCN(CC)c1ncnc(N2CCN(Cc3ccccc3)CC2)c1[N+](=O)[O-]. The minimum absolute atomic E-state index is 0.0118. The molecule has 8 heteroatoms. The number of benzene rings is 1. The van der Waals surface area contributed by atoms with E-state index in [0.29, 0.717) is 37.8 Å². The summed E-state index contributed by atoms with van der Waals surface area (Å²) in [6, 6.07) is 10.4. The van der Waals surface area contributed by atoms with Crippen LogP contribution in [0.15, 0.2) is 36.7 Å². The van der Waals surface area contributed by atoms with Crippen LogP contribution in [0.2, 0.25) is 0 Å². The molecule has 0 unspecified atom stereocenters. The molecule has 0 radical (unpaired) electrons. The van der Waals surface area contributed by atoms with E-state index < -0.39 is 0 Å². The molecular weight excluding hydrogens is 344 g/mol. The zero-order valence-corrected chi connectivity index (χ0v) is 15.9. The molecule has 0 atom stereocenters. The van der Waals surface area contributed by atoms with Gasteiger partial charge in [0, 0.05) is 45.8 Å². The normalized spacial score (nSPS) is 15.0. The van der Waals surface area contributed by atoms with Gasteiger partial charge in [-0.15, -0.1) is 0 Å². The molecule has 3 rings (SSSR count). The fourth-order valence-corrected chi connectivity index (χ4v) is 3.47. The van der Waals surface area contributed by atoms with E-state index in [9.17, 15) is 10.1 Å². The van der Waals surface area contributed by atoms with Gasteiger partial charge in [-0.2, -0.15) is 0 Å². The van der Waals surface area contributed by atoms with Crippen LogP contribution in [0.3, 0.4) is 0 Å². The Morgan fingerprint density at radius 3 is 2.33 bits per heavy atom. The standard InChI is InChI=1S/C19H26N6O2/c1-3-23(4-2)18-17(25(26)27)19(21-15-20-18)24-12-10-22(11-13-24)14-16-8-6-5-7-9-16/h5-9,15H,3-4,10-14H2,1-2H3. The molecule has 0 bridgehead atoms. The smallest absolute Gasteiger partial charge is 0.351 e. The summed E-state index contributed by atoms with van der Waals surface area (Å²) in [4.78, 5) is 26.2. The van der Waals surface area contributed by atoms with Gasteiger partial charge in [0.2, 0.25) is 11.6 Å². The Kier molecular flexibility index (Phi) is 6.18. The fourth-order valence-electron chi connectivity index (χ4n) is 3.47. The number of rotatable bonds is 7. The molecular formula is C19H26N6O2. The number of nitro groups is 1. The Labute approximate surface area is 159 Å². The van der Waals surface area contributed by atoms with Gasteiger partial charge >= 0.3 is 5.69 Å². The predicted molar refractivity (Wildman–Crippen MR) is 106 cm³/mol. The number of hydrogen-bond acceptors (Lipinski definition) is 7. The van der Waals surface area contributed by atoms with Crippen LogP contribution >= 0.6 is 0 Å². The van der Waals surface area contributed by atoms with Crippen molar-refractivity contribution in [3.8, 4) is 0 Å². The zero-order valence-electron chi connectivity index (χ0n) is 15.9. The average molecular weight is 370 g/mol. The van der Waals surface area contributed by atoms with Crippen molar-refractivity contribution in [1.82, 2.24) is 14.9 Å². The Bertz CT molecular complexity index is 758. The van der Waals surface area contributed by atoms with Gasteiger partial charge in [0.1, 0.15) is 6.33 Å². The van der Waals surface area contributed by atoms with E-state index in [1.165, 1.54) is 11.9 Å². The molecule has 0 saturated carbocycles. The first-order chi connectivity index (χ1) is 13.1. The van der Waals surface area contributed by atoms with Gasteiger partial charge < -0.3 is 9.80 Å². The van der Waals surface area contributed by atoms with Crippen molar-refractivity contribution >= 4 is 17.3 Å². The van der Waals surface area contributed by atoms with Gasteiger partial charge in [0.15, 0.2) is 0 Å². The maximum Gasteiger partial charge on any atom is 0.353 e. The molecule has 0 aliphatic carbocycles. The number of nitrogens with zero attached hydrogens (tertiary/aromatic N) is 6. The summed E-state index contributed by atoms with van der Waals surface area (Å²) in [6.07, 6.45) is 1.44. The third kappa shape index (κ3) is 4.33. The highest BCUT2D eigenvalue weighted by Crippen LogP contribution is 2.34. The second-order valence-electron chi connectivity index (χ2n) is 6.55. The van der Waals surface area contributed by atoms with Crippen LogP contribution in [-0.2, 0) is 6.54 Å². The summed E-state index contributed by atoms with van der Waals surface area (Å²) < 4.78 is 0. The van der Waals surface area contributed by atoms with Crippen molar-refractivity contribution in [3.63, 3.8) is 0 Å². The summed E-state index contributed by atoms with van der Waals surface area (Å²) in [6.45, 7) is 9.27. The topological polar surface area (TPSA) is 78.6 Å². The molecule has 1 fully saturated rings. The monoisotopic (exact) mass is 370 g/mol. The lowest BCUT2D eigenvalue weighted by atomic mass is 10.2. The molecule has 144 valence electrons. The van der Waals surface area contributed by atoms with Crippen molar-refractivity contribution in [2.24, 2.45) is 0 Å². The van der Waals surface area contributed by atoms with Crippen molar-refractivity contribution < 1.29 is 4.92 Å². The number of hydrogen-bond donors (Lipinski definition) is 0. The molecule has 0 amide bonds. The van der Waals surface area contributed by atoms with E-state index in [-0.39, 0.29) is 10.6 Å². The number of anilines is 2. The molecule has 8 nitrogen and oxygen atoms in total. The summed E-state index contributed by atoms with van der Waals surface area (Å²) in [5.74, 6) is 0.831. The van der Waals surface area contributed by atoms with Crippen LogP contribution in [0.5, 0.6) is 0 Å². The lowest BCUT2D eigenvalue weighted by Crippen LogP contribution is -2.46. The van der Waals surface area contributed by atoms with E-state index in [0.717, 1.165) is 19.6 Å². The maximum absolute atomic E-state index is 11.8. The largest absolute Gasteiger partial charge is 0.353 e. The Balaban J connectivity index is 1.75. The molecule has 1 saturated heterocycles. The molecule has 27 heavy (non-hydrogen) atoms. The first-order valence-corrected chi connectivity index (χ1v) is 9.39. The van der Waals surface area contributed by atoms with E-state index >= 15 is 0 Å². The first kappa shape index (κ1) is 19.0. The number of aromatic nitrogens is 2. The van der Waals surface area contributed by atoms with Crippen LogP contribution in [0.25, 0.3) is 0 Å². The first-order valence-electron chi connectivity index (χ1n) is 9.39. The van der Waals surface area contributed by atoms with Gasteiger partial charge in [-0.05, 0) is 19.4 Å². The minimum atomic E-state index is -0.348. The minimum Gasteiger partial charge on any atom is -0.351 e. The highest BCUT2D eigenvalue weighted by molar-refractivity contribution is 5.71. The van der Waals surface area contributed by atoms with E-state index in [2.05, 4.69) is 27.0 Å². The molecule has 2 aromatic rings. The van der Waals surface area contributed by atoms with Crippen LogP contribution in [0.4, 0.5) is 17.3 Å². The van der Waals surface area contributed by atoms with Gasteiger partial charge in [-0.1, -0.05) is 30.3 Å². The van der Waals surface area contributed by atoms with Crippen LogP contribution in [0.1, 0.15) is 19.4 Å². The summed E-state index contributed by atoms with van der Waals surface area (Å²) in [5.41, 5.74) is 1.29. The Morgan fingerprint density at radius 1 is 1.07 bits per heavy atom. The Morgan fingerprint density at radius 2 is 1.74 bits per heavy atom. The maximum atomic E-state index is 11.8. The summed E-state index contributed by atoms with van der Waals surface area (Å²) in [7, 11) is 0. The highest BCUT2D eigenvalue weighted by Gasteiger charge is 2.30. The van der Waals surface area contributed by atoms with Crippen molar-refractivity contribution in [1.29, 1.82) is 0 Å². The molecule has 1 aromatic carbocycles. The van der Waals surface area contributed by atoms with Crippen molar-refractivity contribution in [2.45, 2.75) is 20.4 Å². The lowest BCUT2D eigenvalue weighted by Gasteiger charge is -2.35. The highest BCUT2D eigenvalue weighted by atomic mass is 16.6. The predicted octanol–water partition coefficient (Wildman–Crippen LogP) is 2.55. The van der Waals surface area contributed by atoms with Gasteiger partial charge in [-0.3, -0.25) is 15.0 Å². The summed E-state index contributed by atoms with van der Waals surface area (Å²) >= 11 is 0. The van der Waals surface area contributed by atoms with Crippen molar-refractivity contribution in [2.75, 3.05) is 49.1 Å². The second kappa shape index (κ2) is 8.77. The van der Waals surface area contributed by atoms with Crippen LogP contribution in [0, 0.1) is 10.1 Å². The molecule has 1 aromatic heterocycles. The molecule has 0 N–H and O–H groups in total. The van der Waals surface area contributed by atoms with E-state index in [1.807, 2.05) is 41.8 Å². The average Bonchev–Trinajstić information content (AvgIpc) is 2.70. The fraction of sp³-hybridized carbons (Fsp3) is 0.474. The van der Waals surface area contributed by atoms with Crippen molar-refractivity contribution in [3.05, 3.63) is 52.3 Å². The van der Waals surface area contributed by atoms with Gasteiger partial charge in [0.05, 0.1) is 4.92 Å². The van der Waals surface area contributed by atoms with Crippen LogP contribution in [-0.4, -0.2) is 59.1 Å². The molecule has 1 aliphatic rings. The third-order valence-electron chi connectivity index (χ3n) is 4.95. The number of piperazine rings is 1. The quantitative estimate of drug-likeness (QED) is 0.547. The second-order valence-corrected chi connectivity index (χ2v) is 6.55. The van der Waals surface area contributed by atoms with Gasteiger partial charge in [0.25, 0.3) is 0 Å². The van der Waals surface area contributed by atoms with Gasteiger partial charge in [-0.25, -0.2) is 9.97 Å². The van der Waals surface area contributed by atoms with Crippen LogP contribution < -0.4 is 9.80 Å². The Hall–Kier alpha value is -2.74.